The Kier molecular flexibility index (Phi) is 7.88. The number of hydrogen-bond donors (Lipinski definition) is 2. The molecule has 2 N–H and O–H groups in total. The zero-order chi connectivity index (χ0) is 29.6. The summed E-state index contributed by atoms with van der Waals surface area (Å²) in [7, 11) is 4.05. The van der Waals surface area contributed by atoms with Gasteiger partial charge in [-0.05, 0) is 30.0 Å². The molecule has 2 heterocycles. The van der Waals surface area contributed by atoms with Crippen molar-refractivity contribution in [3.63, 3.8) is 0 Å². The Morgan fingerprint density at radius 2 is 1.78 bits per heavy atom. The van der Waals surface area contributed by atoms with Crippen LogP contribution in [0.5, 0.6) is 5.75 Å². The summed E-state index contributed by atoms with van der Waals surface area (Å²) in [5, 5.41) is 13.1. The van der Waals surface area contributed by atoms with Gasteiger partial charge in [-0.15, -0.1) is 11.3 Å². The predicted octanol–water partition coefficient (Wildman–Crippen LogP) is 3.04. The van der Waals surface area contributed by atoms with E-state index in [9.17, 15) is 23.1 Å². The lowest BCUT2D eigenvalue weighted by atomic mass is 9.80. The minimum atomic E-state index is -3.80. The van der Waals surface area contributed by atoms with Gasteiger partial charge in [0.25, 0.3) is 0 Å². The first-order valence-electron chi connectivity index (χ1n) is 13.7. The predicted molar refractivity (Wildman–Crippen MR) is 156 cm³/mol. The number of carboxylic acids is 1. The highest BCUT2D eigenvalue weighted by atomic mass is 32.2. The maximum Gasteiger partial charge on any atom is 0.304 e. The fourth-order valence-electron chi connectivity index (χ4n) is 6.11. The molecule has 0 radical (unpaired) electrons. The van der Waals surface area contributed by atoms with E-state index in [1.54, 1.807) is 12.1 Å². The molecule has 220 valence electrons. The lowest BCUT2D eigenvalue weighted by Gasteiger charge is -2.39. The number of carbonyl (C=O) groups excluding carboxylic acids is 1. The molecular formula is C29H37N4O6S2+. The molecule has 3 aromatic rings. The normalized spacial score (nSPS) is 17.9. The monoisotopic (exact) mass is 601 g/mol. The number of nitrogens with zero attached hydrogens (tertiary/aromatic N) is 3. The number of hydrogen-bond acceptors (Lipinski definition) is 7. The van der Waals surface area contributed by atoms with Crippen molar-refractivity contribution in [1.29, 1.82) is 0 Å². The summed E-state index contributed by atoms with van der Waals surface area (Å²) < 4.78 is 35.9. The second-order valence-electron chi connectivity index (χ2n) is 12.0. The molecule has 1 aliphatic carbocycles. The van der Waals surface area contributed by atoms with Crippen molar-refractivity contribution in [2.24, 2.45) is 5.41 Å². The molecule has 0 bridgehead atoms. The minimum Gasteiger partial charge on any atom is -0.495 e. The molecule has 12 heteroatoms. The first-order valence-corrected chi connectivity index (χ1v) is 15.9. The summed E-state index contributed by atoms with van der Waals surface area (Å²) in [5.41, 5.74) is 1.43. The molecule has 1 aromatic heterocycles. The third kappa shape index (κ3) is 5.83. The van der Waals surface area contributed by atoms with E-state index < -0.39 is 21.4 Å². The number of aliphatic carboxylic acids is 1. The number of carbonyl (C=O) groups is 2. The maximum atomic E-state index is 13.7. The molecule has 1 amide bonds. The van der Waals surface area contributed by atoms with Crippen molar-refractivity contribution in [1.82, 2.24) is 14.6 Å². The molecule has 0 unspecified atom stereocenters. The molecule has 0 spiro atoms. The highest BCUT2D eigenvalue weighted by Gasteiger charge is 2.45. The summed E-state index contributed by atoms with van der Waals surface area (Å²) in [4.78, 5) is 29.8. The van der Waals surface area contributed by atoms with E-state index in [-0.39, 0.29) is 29.5 Å². The van der Waals surface area contributed by atoms with Crippen LogP contribution in [0.2, 0.25) is 0 Å². The fourth-order valence-corrected chi connectivity index (χ4v) is 8.65. The van der Waals surface area contributed by atoms with Crippen LogP contribution in [-0.4, -0.2) is 86.6 Å². The zero-order valence-corrected chi connectivity index (χ0v) is 25.5. The summed E-state index contributed by atoms with van der Waals surface area (Å²) in [5.74, 6) is -1.08. The zero-order valence-electron chi connectivity index (χ0n) is 23.8. The summed E-state index contributed by atoms with van der Waals surface area (Å²) in [6.45, 7) is 0.999. The number of aromatic nitrogens is 1. The number of sulfonamides is 1. The van der Waals surface area contributed by atoms with E-state index in [1.807, 2.05) is 24.3 Å². The van der Waals surface area contributed by atoms with Crippen molar-refractivity contribution in [3.8, 4) is 5.75 Å². The number of nitrogens with one attached hydrogen (secondary N) is 1. The van der Waals surface area contributed by atoms with Gasteiger partial charge < -0.3 is 19.6 Å². The number of thiazole rings is 1. The molecule has 41 heavy (non-hydrogen) atoms. The van der Waals surface area contributed by atoms with Gasteiger partial charge in [-0.3, -0.25) is 9.59 Å². The van der Waals surface area contributed by atoms with Gasteiger partial charge in [0.1, 0.15) is 15.7 Å². The minimum absolute atomic E-state index is 0.0845. The van der Waals surface area contributed by atoms with Crippen molar-refractivity contribution >= 4 is 43.5 Å². The second-order valence-corrected chi connectivity index (χ2v) is 15.0. The maximum absolute atomic E-state index is 13.7. The van der Waals surface area contributed by atoms with E-state index in [0.717, 1.165) is 33.2 Å². The Labute approximate surface area is 244 Å². The van der Waals surface area contributed by atoms with Gasteiger partial charge in [-0.25, -0.2) is 13.4 Å². The van der Waals surface area contributed by atoms with Crippen molar-refractivity contribution < 1.29 is 32.3 Å². The quantitative estimate of drug-likeness (QED) is 0.361. The number of methoxy groups -OCH3 is 1. The van der Waals surface area contributed by atoms with E-state index in [2.05, 4.69) is 31.4 Å². The van der Waals surface area contributed by atoms with Gasteiger partial charge >= 0.3 is 5.97 Å². The van der Waals surface area contributed by atoms with Crippen LogP contribution in [-0.2, 0) is 39.0 Å². The number of benzene rings is 2. The van der Waals surface area contributed by atoms with Gasteiger partial charge in [-0.2, -0.15) is 4.31 Å². The SMILES string of the molecule is COc1cc2sc(CNC(=O)C3(CC(=O)O)Cc4ccccc4C3)nc2cc1S(=O)(=O)N1CCC([N+](C)(C)C)CC1. The summed E-state index contributed by atoms with van der Waals surface area (Å²) in [6.07, 6.45) is 2.03. The first kappa shape index (κ1) is 29.4. The highest BCUT2D eigenvalue weighted by Crippen LogP contribution is 2.40. The van der Waals surface area contributed by atoms with E-state index in [4.69, 9.17) is 4.74 Å². The van der Waals surface area contributed by atoms with Crippen molar-refractivity contribution in [2.45, 2.75) is 49.6 Å². The summed E-state index contributed by atoms with van der Waals surface area (Å²) in [6, 6.07) is 11.3. The van der Waals surface area contributed by atoms with Crippen LogP contribution in [0.1, 0.15) is 35.4 Å². The topological polar surface area (TPSA) is 126 Å². The number of fused-ring (bicyclic) bond motifs is 2. The number of carboxylic acid groups (broad SMARTS) is 1. The van der Waals surface area contributed by atoms with Crippen LogP contribution in [0.3, 0.4) is 0 Å². The Balaban J connectivity index is 1.34. The molecule has 2 aliphatic rings. The third-order valence-corrected chi connectivity index (χ3v) is 11.3. The van der Waals surface area contributed by atoms with Crippen molar-refractivity contribution in [3.05, 3.63) is 52.5 Å². The average Bonchev–Trinajstić information content (AvgIpc) is 3.50. The number of piperidine rings is 1. The number of amides is 1. The molecule has 0 atom stereocenters. The van der Waals surface area contributed by atoms with Crippen LogP contribution in [0.25, 0.3) is 10.2 Å². The molecule has 10 nitrogen and oxygen atoms in total. The van der Waals surface area contributed by atoms with Gasteiger partial charge in [0.15, 0.2) is 0 Å². The van der Waals surface area contributed by atoms with Crippen LogP contribution < -0.4 is 10.1 Å². The van der Waals surface area contributed by atoms with Gasteiger partial charge in [0, 0.05) is 32.0 Å². The van der Waals surface area contributed by atoms with Gasteiger partial charge in [-0.1, -0.05) is 24.3 Å². The molecule has 1 fully saturated rings. The molecule has 1 saturated heterocycles. The number of rotatable bonds is 9. The van der Waals surface area contributed by atoms with Crippen LogP contribution in [0.15, 0.2) is 41.3 Å². The van der Waals surface area contributed by atoms with Crippen LogP contribution >= 0.6 is 11.3 Å². The molecule has 5 rings (SSSR count). The number of quaternary nitrogens is 1. The third-order valence-electron chi connectivity index (χ3n) is 8.40. The molecule has 0 saturated carbocycles. The van der Waals surface area contributed by atoms with Gasteiger partial charge in [0.2, 0.25) is 15.9 Å². The number of ether oxygens (including phenoxy) is 1. The Bertz CT molecular complexity index is 1560. The van der Waals surface area contributed by atoms with Crippen LogP contribution in [0.4, 0.5) is 0 Å². The smallest absolute Gasteiger partial charge is 0.304 e. The standard InChI is InChI=1S/C29H36N4O6S2/c1-33(2,3)21-9-11-32(12-10-21)41(37,38)25-13-22-24(14-23(25)39-4)40-26(31-22)18-30-28(36)29(17-27(34)35)15-19-7-5-6-8-20(19)16-29/h5-8,13-14,21H,9-12,15-18H2,1-4H3,(H-,30,34,35,36)/p+1. The lowest BCUT2D eigenvalue weighted by molar-refractivity contribution is -0.897. The largest absolute Gasteiger partial charge is 0.495 e. The Morgan fingerprint density at radius 1 is 1.15 bits per heavy atom. The van der Waals surface area contributed by atoms with E-state index >= 15 is 0 Å². The molecular weight excluding hydrogens is 564 g/mol. The Morgan fingerprint density at radius 3 is 2.34 bits per heavy atom. The molecule has 2 aromatic carbocycles. The van der Waals surface area contributed by atoms with E-state index in [0.29, 0.717) is 42.5 Å². The van der Waals surface area contributed by atoms with Crippen LogP contribution in [0, 0.1) is 5.41 Å². The van der Waals surface area contributed by atoms with Gasteiger partial charge in [0.05, 0.1) is 62.9 Å². The summed E-state index contributed by atoms with van der Waals surface area (Å²) >= 11 is 1.34. The lowest BCUT2D eigenvalue weighted by Crippen LogP contribution is -2.52. The van der Waals surface area contributed by atoms with Crippen molar-refractivity contribution in [2.75, 3.05) is 41.3 Å². The second kappa shape index (κ2) is 11.0. The van der Waals surface area contributed by atoms with E-state index in [1.165, 1.54) is 22.8 Å². The Hall–Kier alpha value is -3.06. The average molecular weight is 602 g/mol. The first-order chi connectivity index (χ1) is 19.3. The highest BCUT2D eigenvalue weighted by molar-refractivity contribution is 7.89. The fraction of sp³-hybridized carbons (Fsp3) is 0.483. The molecule has 1 aliphatic heterocycles.